The molecule has 30 heavy (non-hydrogen) atoms. The van der Waals surface area contributed by atoms with E-state index in [4.69, 9.17) is 5.41 Å². The Morgan fingerprint density at radius 2 is 1.83 bits per heavy atom. The summed E-state index contributed by atoms with van der Waals surface area (Å²) in [4.78, 5) is 17.6. The van der Waals surface area contributed by atoms with E-state index in [0.29, 0.717) is 17.8 Å². The van der Waals surface area contributed by atoms with Crippen molar-refractivity contribution in [3.05, 3.63) is 75.0 Å². The van der Waals surface area contributed by atoms with Crippen LogP contribution in [-0.4, -0.2) is 22.4 Å². The van der Waals surface area contributed by atoms with E-state index < -0.39 is 9.84 Å². The first kappa shape index (κ1) is 20.5. The molecule has 0 radical (unpaired) electrons. The summed E-state index contributed by atoms with van der Waals surface area (Å²) in [6.07, 6.45) is 1.59. The van der Waals surface area contributed by atoms with Crippen LogP contribution in [0.3, 0.4) is 0 Å². The van der Waals surface area contributed by atoms with Gasteiger partial charge >= 0.3 is 0 Å². The molecule has 0 aliphatic carbocycles. The maximum Gasteiger partial charge on any atom is 0.267 e. The zero-order chi connectivity index (χ0) is 21.6. The highest BCUT2D eigenvalue weighted by Crippen LogP contribution is 2.22. The van der Waals surface area contributed by atoms with Crippen LogP contribution in [0.5, 0.6) is 0 Å². The monoisotopic (exact) mass is 486 g/mol. The van der Waals surface area contributed by atoms with Gasteiger partial charge < -0.3 is 4.57 Å². The molecule has 0 saturated carbocycles. The Labute approximate surface area is 181 Å². The number of pyridine rings is 2. The first-order valence-electron chi connectivity index (χ1n) is 9.30. The Morgan fingerprint density at radius 3 is 2.50 bits per heavy atom. The number of halogens is 1. The van der Waals surface area contributed by atoms with Crippen molar-refractivity contribution in [3.8, 4) is 0 Å². The first-order valence-corrected chi connectivity index (χ1v) is 11.6. The molecule has 4 rings (SSSR count). The van der Waals surface area contributed by atoms with Gasteiger partial charge in [0.2, 0.25) is 9.84 Å². The van der Waals surface area contributed by atoms with Crippen LogP contribution in [0.25, 0.3) is 16.7 Å². The molecule has 9 heteroatoms. The Hall–Kier alpha value is -2.78. The summed E-state index contributed by atoms with van der Waals surface area (Å²) in [7, 11) is -4.01. The number of fused-ring (bicyclic) bond motifs is 2. The first-order chi connectivity index (χ1) is 14.2. The molecule has 0 atom stereocenters. The van der Waals surface area contributed by atoms with Gasteiger partial charge in [0.25, 0.3) is 5.56 Å². The highest BCUT2D eigenvalue weighted by molar-refractivity contribution is 9.10. The maximum atomic E-state index is 13.3. The molecular weight excluding hydrogens is 468 g/mol. The molecule has 3 aromatic heterocycles. The molecule has 4 aromatic rings. The van der Waals surface area contributed by atoms with Crippen LogP contribution in [-0.2, 0) is 16.4 Å². The van der Waals surface area contributed by atoms with Gasteiger partial charge in [-0.05, 0) is 48.4 Å². The number of nitrogens with one attached hydrogen (secondary N) is 1. The molecule has 154 valence electrons. The van der Waals surface area contributed by atoms with Gasteiger partial charge in [0, 0.05) is 17.2 Å². The van der Waals surface area contributed by atoms with Crippen molar-refractivity contribution in [2.45, 2.75) is 30.2 Å². The largest absolute Gasteiger partial charge is 0.309 e. The van der Waals surface area contributed by atoms with Crippen LogP contribution in [0.1, 0.15) is 13.8 Å². The molecular formula is C21H19BrN4O3S. The molecule has 0 aliphatic heterocycles. The van der Waals surface area contributed by atoms with Crippen LogP contribution < -0.4 is 11.0 Å². The number of rotatable bonds is 4. The molecule has 0 aliphatic rings. The van der Waals surface area contributed by atoms with Crippen molar-refractivity contribution < 1.29 is 8.42 Å². The lowest BCUT2D eigenvalue weighted by Crippen LogP contribution is -2.31. The summed E-state index contributed by atoms with van der Waals surface area (Å²) >= 11 is 3.30. The zero-order valence-electron chi connectivity index (χ0n) is 16.3. The molecule has 3 heterocycles. The molecule has 1 N–H and O–H groups in total. The van der Waals surface area contributed by atoms with Gasteiger partial charge in [-0.1, -0.05) is 35.8 Å². The zero-order valence-corrected chi connectivity index (χ0v) is 18.7. The standard InChI is InChI=1S/C21H19BrN4O3S/c1-13(2)12-26-19(23)17(30(28,29)15-8-6-14(22)7-9-15)11-16-20(26)24-18-5-3-4-10-25(18)21(16)27/h3-11,13,23H,12H2,1-2H3. The van der Waals surface area contributed by atoms with Crippen LogP contribution >= 0.6 is 15.9 Å². The van der Waals surface area contributed by atoms with E-state index in [9.17, 15) is 13.2 Å². The van der Waals surface area contributed by atoms with Crippen molar-refractivity contribution >= 4 is 42.4 Å². The minimum atomic E-state index is -4.01. The van der Waals surface area contributed by atoms with E-state index >= 15 is 0 Å². The topological polar surface area (TPSA) is 97.3 Å². The molecule has 0 bridgehead atoms. The molecule has 0 fully saturated rings. The van der Waals surface area contributed by atoms with Gasteiger partial charge in [0.1, 0.15) is 21.7 Å². The predicted molar refractivity (Wildman–Crippen MR) is 117 cm³/mol. The van der Waals surface area contributed by atoms with E-state index in [-0.39, 0.29) is 32.1 Å². The summed E-state index contributed by atoms with van der Waals surface area (Å²) in [6, 6.07) is 12.7. The fraction of sp³-hybridized carbons (Fsp3) is 0.190. The quantitative estimate of drug-likeness (QED) is 0.447. The second-order valence-corrected chi connectivity index (χ2v) is 10.2. The van der Waals surface area contributed by atoms with Gasteiger partial charge in [-0.3, -0.25) is 14.6 Å². The lowest BCUT2D eigenvalue weighted by Gasteiger charge is -2.16. The summed E-state index contributed by atoms with van der Waals surface area (Å²) in [5.41, 5.74) is 0.182. The Balaban J connectivity index is 2.13. The fourth-order valence-corrected chi connectivity index (χ4v) is 5.00. The number of benzene rings is 1. The number of hydrogen-bond acceptors (Lipinski definition) is 5. The van der Waals surface area contributed by atoms with Gasteiger partial charge in [-0.2, -0.15) is 0 Å². The highest BCUT2D eigenvalue weighted by atomic mass is 79.9. The summed E-state index contributed by atoms with van der Waals surface area (Å²) in [5.74, 6) is 0.115. The number of nitrogens with zero attached hydrogens (tertiary/aromatic N) is 3. The fourth-order valence-electron chi connectivity index (χ4n) is 3.35. The summed E-state index contributed by atoms with van der Waals surface area (Å²) in [6.45, 7) is 4.28. The smallest absolute Gasteiger partial charge is 0.267 e. The second-order valence-electron chi connectivity index (χ2n) is 7.40. The lowest BCUT2D eigenvalue weighted by molar-refractivity contribution is 0.506. The van der Waals surface area contributed by atoms with Crippen molar-refractivity contribution in [3.63, 3.8) is 0 Å². The van der Waals surface area contributed by atoms with E-state index in [2.05, 4.69) is 20.9 Å². The minimum absolute atomic E-state index is 0.0588. The second kappa shape index (κ2) is 7.48. The average Bonchev–Trinajstić information content (AvgIpc) is 2.70. The van der Waals surface area contributed by atoms with E-state index in [0.717, 1.165) is 4.47 Å². The van der Waals surface area contributed by atoms with Gasteiger partial charge in [-0.25, -0.2) is 13.4 Å². The molecule has 7 nitrogen and oxygen atoms in total. The van der Waals surface area contributed by atoms with Crippen molar-refractivity contribution in [1.29, 1.82) is 5.41 Å². The molecule has 0 saturated heterocycles. The molecule has 0 unspecified atom stereocenters. The van der Waals surface area contributed by atoms with Crippen LogP contribution in [0.2, 0.25) is 0 Å². The summed E-state index contributed by atoms with van der Waals surface area (Å²) in [5, 5.41) is 8.83. The van der Waals surface area contributed by atoms with E-state index in [1.165, 1.54) is 27.2 Å². The van der Waals surface area contributed by atoms with Gasteiger partial charge in [-0.15, -0.1) is 0 Å². The van der Waals surface area contributed by atoms with Gasteiger partial charge in [0.15, 0.2) is 0 Å². The third kappa shape index (κ3) is 3.37. The third-order valence-corrected chi connectivity index (χ3v) is 7.06. The number of hydrogen-bond donors (Lipinski definition) is 1. The Morgan fingerprint density at radius 1 is 1.13 bits per heavy atom. The SMILES string of the molecule is CC(C)Cn1c(=N)c(S(=O)(=O)c2ccc(Br)cc2)cc2c(=O)n3ccccc3nc21. The minimum Gasteiger partial charge on any atom is -0.309 e. The number of aromatic nitrogens is 3. The molecule has 0 amide bonds. The average molecular weight is 487 g/mol. The Kier molecular flexibility index (Phi) is 5.11. The summed E-state index contributed by atoms with van der Waals surface area (Å²) < 4.78 is 30.3. The van der Waals surface area contributed by atoms with Gasteiger partial charge in [0.05, 0.1) is 10.3 Å². The highest BCUT2D eigenvalue weighted by Gasteiger charge is 2.24. The normalized spacial score (nSPS) is 12.1. The third-order valence-electron chi connectivity index (χ3n) is 4.74. The van der Waals surface area contributed by atoms with E-state index in [1.807, 2.05) is 13.8 Å². The van der Waals surface area contributed by atoms with Crippen molar-refractivity contribution in [2.75, 3.05) is 0 Å². The van der Waals surface area contributed by atoms with Crippen molar-refractivity contribution in [2.24, 2.45) is 5.92 Å². The molecule has 1 aromatic carbocycles. The van der Waals surface area contributed by atoms with Crippen molar-refractivity contribution in [1.82, 2.24) is 14.0 Å². The van der Waals surface area contributed by atoms with Crippen LogP contribution in [0.15, 0.2) is 73.8 Å². The number of sulfone groups is 1. The van der Waals surface area contributed by atoms with Crippen LogP contribution in [0.4, 0.5) is 0 Å². The lowest BCUT2D eigenvalue weighted by atomic mass is 10.2. The van der Waals surface area contributed by atoms with E-state index in [1.54, 1.807) is 36.5 Å². The molecule has 0 spiro atoms. The maximum absolute atomic E-state index is 13.3. The Bertz CT molecular complexity index is 1500. The predicted octanol–water partition coefficient (Wildman–Crippen LogP) is 3.38. The van der Waals surface area contributed by atoms with Crippen LogP contribution in [0, 0.1) is 11.3 Å².